The van der Waals surface area contributed by atoms with Crippen LogP contribution in [-0.2, 0) is 6.18 Å². The van der Waals surface area contributed by atoms with Crippen LogP contribution in [0.4, 0.5) is 18.9 Å². The van der Waals surface area contributed by atoms with Gasteiger partial charge in [-0.3, -0.25) is 10.1 Å². The zero-order chi connectivity index (χ0) is 22.2. The van der Waals surface area contributed by atoms with Gasteiger partial charge in [0.1, 0.15) is 22.6 Å². The van der Waals surface area contributed by atoms with Gasteiger partial charge in [0, 0.05) is 29.7 Å². The molecular formula is C22H12F3NO5. The number of hydrogen-bond acceptors (Lipinski definition) is 5. The fourth-order valence-corrected chi connectivity index (χ4v) is 3.13. The monoisotopic (exact) mass is 427 g/mol. The third-order valence-electron chi connectivity index (χ3n) is 4.51. The zero-order valence-corrected chi connectivity index (χ0v) is 15.6. The lowest BCUT2D eigenvalue weighted by Gasteiger charge is -2.14. The molecule has 0 aliphatic rings. The van der Waals surface area contributed by atoms with E-state index in [2.05, 4.69) is 0 Å². The number of benzene rings is 3. The predicted molar refractivity (Wildman–Crippen MR) is 106 cm³/mol. The Kier molecular flexibility index (Phi) is 4.94. The first-order valence-electron chi connectivity index (χ1n) is 8.89. The topological polar surface area (TPSA) is 82.6 Å². The number of alkyl halides is 3. The molecule has 31 heavy (non-hydrogen) atoms. The molecule has 4 rings (SSSR count). The molecule has 4 aromatic rings. The maximum atomic E-state index is 13.4. The Morgan fingerprint density at radius 2 is 1.68 bits per heavy atom. The van der Waals surface area contributed by atoms with Crippen LogP contribution in [0, 0.1) is 10.1 Å². The van der Waals surface area contributed by atoms with Crippen LogP contribution in [0.25, 0.3) is 22.1 Å². The summed E-state index contributed by atoms with van der Waals surface area (Å²) in [4.78, 5) is 21.9. The minimum atomic E-state index is -4.87. The minimum Gasteiger partial charge on any atom is -0.457 e. The Bertz CT molecular complexity index is 1350. The molecule has 0 saturated heterocycles. The van der Waals surface area contributed by atoms with Crippen LogP contribution in [0.3, 0.4) is 0 Å². The van der Waals surface area contributed by atoms with Gasteiger partial charge in [0.05, 0.1) is 4.92 Å². The third kappa shape index (κ3) is 4.11. The number of nitro groups is 1. The van der Waals surface area contributed by atoms with Gasteiger partial charge in [0.15, 0.2) is 0 Å². The van der Waals surface area contributed by atoms with Gasteiger partial charge in [0.25, 0.3) is 5.69 Å². The second kappa shape index (κ2) is 7.60. The molecule has 0 fully saturated rings. The van der Waals surface area contributed by atoms with Crippen LogP contribution < -0.4 is 10.4 Å². The standard InChI is InChI=1S/C22H12F3NO5/c23-22(24,25)18-10-14(26(28)29)6-9-19(18)30-15-7-8-16-17(13-4-2-1-3-5-13)12-21(27)31-20(16)11-15/h1-12H. The molecule has 0 atom stereocenters. The van der Waals surface area contributed by atoms with Crippen molar-refractivity contribution in [1.82, 2.24) is 0 Å². The molecule has 0 N–H and O–H groups in total. The summed E-state index contributed by atoms with van der Waals surface area (Å²) < 4.78 is 50.7. The number of nitrogens with zero attached hydrogens (tertiary/aromatic N) is 1. The van der Waals surface area contributed by atoms with Crippen LogP contribution in [0.1, 0.15) is 5.56 Å². The van der Waals surface area contributed by atoms with E-state index in [0.717, 1.165) is 17.7 Å². The number of nitro benzene ring substituents is 1. The largest absolute Gasteiger partial charge is 0.457 e. The highest BCUT2D eigenvalue weighted by molar-refractivity contribution is 5.93. The lowest BCUT2D eigenvalue weighted by molar-refractivity contribution is -0.385. The van der Waals surface area contributed by atoms with Crippen molar-refractivity contribution in [3.8, 4) is 22.6 Å². The van der Waals surface area contributed by atoms with Gasteiger partial charge in [-0.15, -0.1) is 0 Å². The maximum Gasteiger partial charge on any atom is 0.420 e. The van der Waals surface area contributed by atoms with Crippen LogP contribution in [0.5, 0.6) is 11.5 Å². The highest BCUT2D eigenvalue weighted by atomic mass is 19.4. The lowest BCUT2D eigenvalue weighted by Crippen LogP contribution is -2.08. The number of hydrogen-bond donors (Lipinski definition) is 0. The third-order valence-corrected chi connectivity index (χ3v) is 4.51. The van der Waals surface area contributed by atoms with Gasteiger partial charge in [0.2, 0.25) is 0 Å². The number of fused-ring (bicyclic) bond motifs is 1. The average molecular weight is 427 g/mol. The number of ether oxygens (including phenoxy) is 1. The predicted octanol–water partition coefficient (Wildman–Crippen LogP) is 6.18. The average Bonchev–Trinajstić information content (AvgIpc) is 2.73. The Morgan fingerprint density at radius 3 is 2.35 bits per heavy atom. The lowest BCUT2D eigenvalue weighted by atomic mass is 10.0. The number of non-ortho nitro benzene ring substituents is 1. The molecule has 6 nitrogen and oxygen atoms in total. The van der Waals surface area contributed by atoms with Gasteiger partial charge in [-0.25, -0.2) is 4.79 Å². The summed E-state index contributed by atoms with van der Waals surface area (Å²) in [7, 11) is 0. The summed E-state index contributed by atoms with van der Waals surface area (Å²) >= 11 is 0. The van der Waals surface area contributed by atoms with Crippen molar-refractivity contribution in [2.24, 2.45) is 0 Å². The molecule has 0 spiro atoms. The molecule has 0 unspecified atom stereocenters. The first-order valence-corrected chi connectivity index (χ1v) is 8.89. The van der Waals surface area contributed by atoms with E-state index in [-0.39, 0.29) is 11.3 Å². The number of rotatable bonds is 4. The van der Waals surface area contributed by atoms with E-state index in [4.69, 9.17) is 9.15 Å². The second-order valence-electron chi connectivity index (χ2n) is 6.54. The molecule has 0 aliphatic heterocycles. The summed E-state index contributed by atoms with van der Waals surface area (Å²) in [6, 6.07) is 16.9. The molecule has 0 bridgehead atoms. The molecule has 0 radical (unpaired) electrons. The van der Waals surface area contributed by atoms with Gasteiger partial charge in [-0.2, -0.15) is 13.2 Å². The SMILES string of the molecule is O=c1cc(-c2ccccc2)c2ccc(Oc3ccc([N+](=O)[O-])cc3C(F)(F)F)cc2o1. The molecular weight excluding hydrogens is 415 g/mol. The van der Waals surface area contributed by atoms with Crippen LogP contribution in [-0.4, -0.2) is 4.92 Å². The van der Waals surface area contributed by atoms with Crippen molar-refractivity contribution in [3.05, 3.63) is 98.9 Å². The van der Waals surface area contributed by atoms with Gasteiger partial charge in [-0.05, 0) is 29.3 Å². The van der Waals surface area contributed by atoms with Crippen LogP contribution in [0.15, 0.2) is 82.0 Å². The van der Waals surface area contributed by atoms with Crippen molar-refractivity contribution >= 4 is 16.7 Å². The fraction of sp³-hybridized carbons (Fsp3) is 0.0455. The summed E-state index contributed by atoms with van der Waals surface area (Å²) in [5.74, 6) is -0.640. The quantitative estimate of drug-likeness (QED) is 0.221. The van der Waals surface area contributed by atoms with Crippen molar-refractivity contribution in [2.75, 3.05) is 0 Å². The van der Waals surface area contributed by atoms with Gasteiger partial charge >= 0.3 is 11.8 Å². The van der Waals surface area contributed by atoms with Crippen LogP contribution in [0.2, 0.25) is 0 Å². The number of halogens is 3. The highest BCUT2D eigenvalue weighted by Crippen LogP contribution is 2.40. The molecule has 0 saturated carbocycles. The molecule has 1 aromatic heterocycles. The first-order chi connectivity index (χ1) is 14.7. The summed E-state index contributed by atoms with van der Waals surface area (Å²) in [5, 5.41) is 11.4. The van der Waals surface area contributed by atoms with Crippen LogP contribution >= 0.6 is 0 Å². The zero-order valence-electron chi connectivity index (χ0n) is 15.6. The Labute approximate surface area is 172 Å². The fourth-order valence-electron chi connectivity index (χ4n) is 3.13. The molecule has 156 valence electrons. The van der Waals surface area contributed by atoms with Crippen molar-refractivity contribution in [1.29, 1.82) is 0 Å². The molecule has 3 aromatic carbocycles. The summed E-state index contributed by atoms with van der Waals surface area (Å²) in [6.45, 7) is 0. The highest BCUT2D eigenvalue weighted by Gasteiger charge is 2.36. The van der Waals surface area contributed by atoms with Crippen molar-refractivity contribution < 1.29 is 27.2 Å². The Hall–Kier alpha value is -4.14. The minimum absolute atomic E-state index is 0.0276. The van der Waals surface area contributed by atoms with E-state index in [0.29, 0.717) is 17.0 Å². The van der Waals surface area contributed by atoms with Gasteiger partial charge < -0.3 is 9.15 Å². The molecule has 9 heteroatoms. The first kappa shape index (κ1) is 20.1. The Morgan fingerprint density at radius 1 is 0.935 bits per heavy atom. The molecule has 0 aliphatic carbocycles. The molecule has 1 heterocycles. The van der Waals surface area contributed by atoms with E-state index < -0.39 is 33.7 Å². The maximum absolute atomic E-state index is 13.4. The normalized spacial score (nSPS) is 11.5. The van der Waals surface area contributed by atoms with E-state index in [1.165, 1.54) is 18.2 Å². The van der Waals surface area contributed by atoms with E-state index in [1.54, 1.807) is 18.2 Å². The molecule has 0 amide bonds. The smallest absolute Gasteiger partial charge is 0.420 e. The second-order valence-corrected chi connectivity index (χ2v) is 6.54. The summed E-state index contributed by atoms with van der Waals surface area (Å²) in [6.07, 6.45) is -4.87. The van der Waals surface area contributed by atoms with Crippen molar-refractivity contribution in [3.63, 3.8) is 0 Å². The van der Waals surface area contributed by atoms with Crippen molar-refractivity contribution in [2.45, 2.75) is 6.18 Å². The Balaban J connectivity index is 1.79. The van der Waals surface area contributed by atoms with Gasteiger partial charge in [-0.1, -0.05) is 30.3 Å². The van der Waals surface area contributed by atoms with E-state index >= 15 is 0 Å². The van der Waals surface area contributed by atoms with E-state index in [9.17, 15) is 28.1 Å². The summed E-state index contributed by atoms with van der Waals surface area (Å²) in [5.41, 5.74) is -1.14. The van der Waals surface area contributed by atoms with E-state index in [1.807, 2.05) is 18.2 Å².